The molecule has 10 heteroatoms. The number of nitrogens with two attached hydrogens (primary N) is 1. The minimum absolute atomic E-state index is 0.127. The van der Waals surface area contributed by atoms with Crippen LogP contribution in [0, 0.1) is 0 Å². The molecular formula is C7H15N3O6S. The van der Waals surface area contributed by atoms with E-state index in [1.165, 1.54) is 6.42 Å². The average Bonchev–Trinajstić information content (AvgIpc) is 2.15. The van der Waals surface area contributed by atoms with Crippen LogP contribution in [0.3, 0.4) is 0 Å². The second kappa shape index (κ2) is 7.04. The number of hydrogen-bond acceptors (Lipinski definition) is 3. The molecule has 0 aromatic rings. The summed E-state index contributed by atoms with van der Waals surface area (Å²) in [6.45, 7) is 1.64. The standard InChI is InChI=1S/C7H13N3O2.H2O4S/c8-6(9-7(11)12)10-4-2-1-3-5-10;1-5(2,3)4/h1-5H2,(H2,8,9)(H,11,12);(H2,1,2,3,4). The number of aliphatic imine (C=N–C) groups is 1. The third kappa shape index (κ3) is 10.9. The number of piperidine rings is 1. The first-order valence-electron chi connectivity index (χ1n) is 4.72. The molecule has 0 unspecified atom stereocenters. The van der Waals surface area contributed by atoms with Crippen LogP contribution in [0.25, 0.3) is 0 Å². The van der Waals surface area contributed by atoms with Crippen LogP contribution in [-0.2, 0) is 10.4 Å². The third-order valence-electron chi connectivity index (χ3n) is 1.89. The van der Waals surface area contributed by atoms with Gasteiger partial charge in [-0.05, 0) is 19.3 Å². The number of carboxylic acid groups (broad SMARTS) is 1. The zero-order chi connectivity index (χ0) is 13.5. The molecule has 0 radical (unpaired) electrons. The Kier molecular flexibility index (Phi) is 6.46. The van der Waals surface area contributed by atoms with Crippen LogP contribution in [0.15, 0.2) is 4.99 Å². The van der Waals surface area contributed by atoms with Gasteiger partial charge in [0.05, 0.1) is 0 Å². The highest BCUT2D eigenvalue weighted by atomic mass is 32.3. The van der Waals surface area contributed by atoms with Crippen LogP contribution in [-0.4, -0.2) is 52.7 Å². The molecule has 5 N–H and O–H groups in total. The van der Waals surface area contributed by atoms with Gasteiger partial charge in [-0.25, -0.2) is 4.79 Å². The molecule has 0 saturated carbocycles. The predicted molar refractivity (Wildman–Crippen MR) is 59.2 cm³/mol. The van der Waals surface area contributed by atoms with Gasteiger partial charge in [0.25, 0.3) is 0 Å². The molecule has 0 spiro atoms. The van der Waals surface area contributed by atoms with Crippen LogP contribution in [0.5, 0.6) is 0 Å². The van der Waals surface area contributed by atoms with Crippen LogP contribution < -0.4 is 5.73 Å². The average molecular weight is 269 g/mol. The Morgan fingerprint density at radius 1 is 1.18 bits per heavy atom. The fourth-order valence-electron chi connectivity index (χ4n) is 1.29. The summed E-state index contributed by atoms with van der Waals surface area (Å²) in [5.41, 5.74) is 5.44. The van der Waals surface area contributed by atoms with Gasteiger partial charge in [0.15, 0.2) is 0 Å². The summed E-state index contributed by atoms with van der Waals surface area (Å²) in [6, 6.07) is 0. The van der Waals surface area contributed by atoms with E-state index in [1.807, 2.05) is 0 Å². The molecule has 100 valence electrons. The normalized spacial score (nSPS) is 17.1. The van der Waals surface area contributed by atoms with E-state index in [4.69, 9.17) is 28.4 Å². The van der Waals surface area contributed by atoms with Crippen molar-refractivity contribution in [3.8, 4) is 0 Å². The first-order chi connectivity index (χ1) is 7.70. The van der Waals surface area contributed by atoms with Crippen molar-refractivity contribution in [3.63, 3.8) is 0 Å². The van der Waals surface area contributed by atoms with Crippen LogP contribution in [0.4, 0.5) is 4.79 Å². The summed E-state index contributed by atoms with van der Waals surface area (Å²) >= 11 is 0. The van der Waals surface area contributed by atoms with Gasteiger partial charge in [0, 0.05) is 13.1 Å². The Hall–Kier alpha value is -1.39. The molecule has 1 amide bonds. The second-order valence-corrected chi connectivity index (χ2v) is 4.14. The number of nitrogens with zero attached hydrogens (tertiary/aromatic N) is 2. The highest BCUT2D eigenvalue weighted by Crippen LogP contribution is 2.07. The molecule has 9 nitrogen and oxygen atoms in total. The minimum atomic E-state index is -4.67. The van der Waals surface area contributed by atoms with Crippen LogP contribution >= 0.6 is 0 Å². The number of amides is 1. The Morgan fingerprint density at radius 2 is 1.59 bits per heavy atom. The molecule has 0 aromatic heterocycles. The van der Waals surface area contributed by atoms with Crippen molar-refractivity contribution in [1.29, 1.82) is 0 Å². The van der Waals surface area contributed by atoms with Crippen molar-refractivity contribution in [1.82, 2.24) is 4.90 Å². The Balaban J connectivity index is 0.000000437. The zero-order valence-electron chi connectivity index (χ0n) is 8.98. The predicted octanol–water partition coefficient (Wildman–Crippen LogP) is -0.188. The fraction of sp³-hybridized carbons (Fsp3) is 0.714. The lowest BCUT2D eigenvalue weighted by atomic mass is 10.1. The van der Waals surface area contributed by atoms with E-state index in [0.29, 0.717) is 0 Å². The molecule has 17 heavy (non-hydrogen) atoms. The summed E-state index contributed by atoms with van der Waals surface area (Å²) in [5, 5.41) is 8.32. The van der Waals surface area contributed by atoms with E-state index < -0.39 is 16.5 Å². The topological polar surface area (TPSA) is 154 Å². The van der Waals surface area contributed by atoms with E-state index in [2.05, 4.69) is 4.99 Å². The minimum Gasteiger partial charge on any atom is -0.463 e. The molecule has 1 fully saturated rings. The Bertz CT molecular complexity index is 365. The van der Waals surface area contributed by atoms with Crippen molar-refractivity contribution in [2.24, 2.45) is 10.7 Å². The largest absolute Gasteiger partial charge is 0.463 e. The third-order valence-corrected chi connectivity index (χ3v) is 1.89. The van der Waals surface area contributed by atoms with Gasteiger partial charge in [0.1, 0.15) is 0 Å². The van der Waals surface area contributed by atoms with Gasteiger partial charge in [0.2, 0.25) is 5.96 Å². The monoisotopic (exact) mass is 269 g/mol. The van der Waals surface area contributed by atoms with Gasteiger partial charge in [-0.3, -0.25) is 9.11 Å². The summed E-state index contributed by atoms with van der Waals surface area (Å²) in [4.78, 5) is 15.2. The number of likely N-dealkylation sites (tertiary alicyclic amines) is 1. The SMILES string of the molecule is N/C(=N/C(=O)O)N1CCCCC1.O=S(=O)(O)O. The van der Waals surface area contributed by atoms with E-state index in [-0.39, 0.29) is 5.96 Å². The highest BCUT2D eigenvalue weighted by Gasteiger charge is 2.12. The quantitative estimate of drug-likeness (QED) is 0.268. The van der Waals surface area contributed by atoms with Crippen molar-refractivity contribution in [2.75, 3.05) is 13.1 Å². The van der Waals surface area contributed by atoms with Crippen molar-refractivity contribution >= 4 is 22.5 Å². The van der Waals surface area contributed by atoms with Crippen molar-refractivity contribution in [3.05, 3.63) is 0 Å². The van der Waals surface area contributed by atoms with Gasteiger partial charge in [-0.1, -0.05) is 0 Å². The number of hydrogen-bond donors (Lipinski definition) is 4. The number of rotatable bonds is 0. The van der Waals surface area contributed by atoms with E-state index in [9.17, 15) is 4.79 Å². The lowest BCUT2D eigenvalue weighted by Gasteiger charge is -2.26. The molecule has 1 saturated heterocycles. The molecule has 0 bridgehead atoms. The van der Waals surface area contributed by atoms with Gasteiger partial charge >= 0.3 is 16.5 Å². The van der Waals surface area contributed by atoms with Gasteiger partial charge in [-0.2, -0.15) is 8.42 Å². The van der Waals surface area contributed by atoms with E-state index in [0.717, 1.165) is 25.9 Å². The van der Waals surface area contributed by atoms with Gasteiger partial charge in [-0.15, -0.1) is 4.99 Å². The lowest BCUT2D eigenvalue weighted by Crippen LogP contribution is -2.41. The molecule has 0 aromatic carbocycles. The van der Waals surface area contributed by atoms with Crippen molar-refractivity contribution in [2.45, 2.75) is 19.3 Å². The summed E-state index contributed by atoms with van der Waals surface area (Å²) < 4.78 is 31.6. The Labute approximate surface area is 98.5 Å². The molecule has 0 aliphatic carbocycles. The molecular weight excluding hydrogens is 254 g/mol. The fourth-order valence-corrected chi connectivity index (χ4v) is 1.29. The first-order valence-corrected chi connectivity index (χ1v) is 6.12. The van der Waals surface area contributed by atoms with Crippen LogP contribution in [0.1, 0.15) is 19.3 Å². The van der Waals surface area contributed by atoms with Gasteiger partial charge < -0.3 is 15.7 Å². The molecule has 1 aliphatic rings. The van der Waals surface area contributed by atoms with E-state index >= 15 is 0 Å². The van der Waals surface area contributed by atoms with Crippen LogP contribution in [0.2, 0.25) is 0 Å². The number of carbonyl (C=O) groups is 1. The maximum Gasteiger partial charge on any atom is 0.434 e. The highest BCUT2D eigenvalue weighted by molar-refractivity contribution is 7.79. The first kappa shape index (κ1) is 15.6. The zero-order valence-corrected chi connectivity index (χ0v) is 9.80. The maximum atomic E-state index is 10.2. The lowest BCUT2D eigenvalue weighted by molar-refractivity contribution is 0.205. The summed E-state index contributed by atoms with van der Waals surface area (Å²) in [6.07, 6.45) is 2.10. The maximum absolute atomic E-state index is 10.2. The summed E-state index contributed by atoms with van der Waals surface area (Å²) in [5.74, 6) is 0.127. The smallest absolute Gasteiger partial charge is 0.434 e. The Morgan fingerprint density at radius 3 is 1.94 bits per heavy atom. The van der Waals surface area contributed by atoms with E-state index in [1.54, 1.807) is 4.90 Å². The molecule has 1 heterocycles. The molecule has 1 aliphatic heterocycles. The summed E-state index contributed by atoms with van der Waals surface area (Å²) in [7, 11) is -4.67. The molecule has 0 atom stereocenters. The van der Waals surface area contributed by atoms with Crippen molar-refractivity contribution < 1.29 is 27.4 Å². The second-order valence-electron chi connectivity index (χ2n) is 3.25. The molecule has 1 rings (SSSR count). The number of guanidine groups is 1.